The smallest absolute Gasteiger partial charge is 0.133 e. The van der Waals surface area contributed by atoms with Gasteiger partial charge in [0.25, 0.3) is 0 Å². The van der Waals surface area contributed by atoms with Crippen LogP contribution in [0.25, 0.3) is 10.6 Å². The van der Waals surface area contributed by atoms with Crippen molar-refractivity contribution in [2.24, 2.45) is 11.7 Å². The van der Waals surface area contributed by atoms with Crippen LogP contribution in [-0.4, -0.2) is 4.98 Å². The number of aryl methyl sites for hydroxylation is 1. The van der Waals surface area contributed by atoms with E-state index in [2.05, 4.69) is 18.8 Å². The highest BCUT2D eigenvalue weighted by Crippen LogP contribution is 2.31. The maximum Gasteiger partial charge on any atom is 0.133 e. The van der Waals surface area contributed by atoms with Crippen LogP contribution < -0.4 is 5.73 Å². The Hall–Kier alpha value is -1.26. The standard InChI is InChI=1S/C15H19FN2S/c1-9(2)6-13-14(8-17)19-15(18-13)11-5-4-10(3)7-12(11)16/h4-5,7,9H,6,8,17H2,1-3H3. The zero-order chi connectivity index (χ0) is 14.0. The Balaban J connectivity index is 2.42. The van der Waals surface area contributed by atoms with E-state index in [0.29, 0.717) is 18.0 Å². The highest BCUT2D eigenvalue weighted by molar-refractivity contribution is 7.15. The Bertz CT molecular complexity index is 576. The van der Waals surface area contributed by atoms with E-state index in [9.17, 15) is 4.39 Å². The second-order valence-corrected chi connectivity index (χ2v) is 6.26. The molecule has 19 heavy (non-hydrogen) atoms. The lowest BCUT2D eigenvalue weighted by atomic mass is 10.1. The molecule has 4 heteroatoms. The van der Waals surface area contributed by atoms with Crippen molar-refractivity contribution >= 4 is 11.3 Å². The van der Waals surface area contributed by atoms with Crippen LogP contribution in [0.15, 0.2) is 18.2 Å². The molecule has 2 aromatic rings. The first-order valence-electron chi connectivity index (χ1n) is 6.46. The Kier molecular flexibility index (Phi) is 4.32. The summed E-state index contributed by atoms with van der Waals surface area (Å²) in [4.78, 5) is 5.64. The Morgan fingerprint density at radius 3 is 2.68 bits per heavy atom. The van der Waals surface area contributed by atoms with Gasteiger partial charge < -0.3 is 5.73 Å². The highest BCUT2D eigenvalue weighted by Gasteiger charge is 2.15. The van der Waals surface area contributed by atoms with E-state index in [1.165, 1.54) is 11.3 Å². The van der Waals surface area contributed by atoms with Crippen LogP contribution in [0.2, 0.25) is 0 Å². The predicted octanol–water partition coefficient (Wildman–Crippen LogP) is 3.91. The minimum Gasteiger partial charge on any atom is -0.326 e. The monoisotopic (exact) mass is 278 g/mol. The fourth-order valence-corrected chi connectivity index (χ4v) is 2.99. The third-order valence-corrected chi connectivity index (χ3v) is 4.07. The number of hydrogen-bond acceptors (Lipinski definition) is 3. The summed E-state index contributed by atoms with van der Waals surface area (Å²) in [5, 5.41) is 0.730. The second-order valence-electron chi connectivity index (χ2n) is 5.17. The van der Waals surface area contributed by atoms with Gasteiger partial charge in [0.2, 0.25) is 0 Å². The fourth-order valence-electron chi connectivity index (χ4n) is 2.00. The minimum absolute atomic E-state index is 0.214. The molecule has 0 amide bonds. The van der Waals surface area contributed by atoms with Crippen LogP contribution in [-0.2, 0) is 13.0 Å². The molecule has 0 saturated heterocycles. The van der Waals surface area contributed by atoms with Crippen molar-refractivity contribution in [2.75, 3.05) is 0 Å². The van der Waals surface area contributed by atoms with Crippen molar-refractivity contribution in [1.82, 2.24) is 4.98 Å². The zero-order valence-corrected chi connectivity index (χ0v) is 12.4. The largest absolute Gasteiger partial charge is 0.326 e. The van der Waals surface area contributed by atoms with Gasteiger partial charge in [-0.1, -0.05) is 19.9 Å². The molecule has 0 fully saturated rings. The minimum atomic E-state index is -0.214. The van der Waals surface area contributed by atoms with Gasteiger partial charge in [-0.3, -0.25) is 0 Å². The number of aromatic nitrogens is 1. The van der Waals surface area contributed by atoms with Crippen LogP contribution in [0.5, 0.6) is 0 Å². The lowest BCUT2D eigenvalue weighted by Gasteiger charge is -2.02. The molecule has 1 heterocycles. The van der Waals surface area contributed by atoms with Crippen LogP contribution in [0.4, 0.5) is 4.39 Å². The van der Waals surface area contributed by atoms with Gasteiger partial charge in [0, 0.05) is 17.0 Å². The van der Waals surface area contributed by atoms with Crippen molar-refractivity contribution < 1.29 is 4.39 Å². The van der Waals surface area contributed by atoms with Crippen LogP contribution in [0, 0.1) is 18.7 Å². The van der Waals surface area contributed by atoms with Crippen molar-refractivity contribution in [1.29, 1.82) is 0 Å². The van der Waals surface area contributed by atoms with Crippen LogP contribution >= 0.6 is 11.3 Å². The Morgan fingerprint density at radius 1 is 1.37 bits per heavy atom. The van der Waals surface area contributed by atoms with Crippen molar-refractivity contribution in [2.45, 2.75) is 33.7 Å². The summed E-state index contributed by atoms with van der Waals surface area (Å²) in [5.41, 5.74) is 8.25. The van der Waals surface area contributed by atoms with Crippen molar-refractivity contribution in [3.8, 4) is 10.6 Å². The van der Waals surface area contributed by atoms with E-state index >= 15 is 0 Å². The lowest BCUT2D eigenvalue weighted by Crippen LogP contribution is -2.02. The molecule has 102 valence electrons. The molecule has 2 N–H and O–H groups in total. The Morgan fingerprint density at radius 2 is 2.11 bits per heavy atom. The molecule has 0 spiro atoms. The molecule has 0 aliphatic carbocycles. The fraction of sp³-hybridized carbons (Fsp3) is 0.400. The van der Waals surface area contributed by atoms with E-state index in [0.717, 1.165) is 27.6 Å². The number of halogens is 1. The molecule has 0 unspecified atom stereocenters. The number of benzene rings is 1. The van der Waals surface area contributed by atoms with Gasteiger partial charge >= 0.3 is 0 Å². The molecule has 0 atom stereocenters. The van der Waals surface area contributed by atoms with Gasteiger partial charge in [-0.2, -0.15) is 0 Å². The topological polar surface area (TPSA) is 38.9 Å². The summed E-state index contributed by atoms with van der Waals surface area (Å²) in [6, 6.07) is 5.24. The molecule has 0 aliphatic heterocycles. The maximum atomic E-state index is 14.0. The summed E-state index contributed by atoms with van der Waals surface area (Å²) < 4.78 is 14.0. The van der Waals surface area contributed by atoms with Gasteiger partial charge in [0.15, 0.2) is 0 Å². The molecule has 0 aliphatic rings. The van der Waals surface area contributed by atoms with Gasteiger partial charge in [-0.25, -0.2) is 9.37 Å². The van der Waals surface area contributed by atoms with Crippen LogP contribution in [0.1, 0.15) is 30.0 Å². The number of nitrogens with zero attached hydrogens (tertiary/aromatic N) is 1. The van der Waals surface area contributed by atoms with Crippen molar-refractivity contribution in [3.05, 3.63) is 40.2 Å². The van der Waals surface area contributed by atoms with Gasteiger partial charge in [-0.15, -0.1) is 11.3 Å². The van der Waals surface area contributed by atoms with Gasteiger partial charge in [-0.05, 0) is 37.0 Å². The third-order valence-electron chi connectivity index (χ3n) is 2.92. The summed E-state index contributed by atoms with van der Waals surface area (Å²) >= 11 is 1.50. The molecule has 2 nitrogen and oxygen atoms in total. The average Bonchev–Trinajstić information content (AvgIpc) is 2.71. The predicted molar refractivity (Wildman–Crippen MR) is 78.7 cm³/mol. The van der Waals surface area contributed by atoms with Crippen molar-refractivity contribution in [3.63, 3.8) is 0 Å². The maximum absolute atomic E-state index is 14.0. The first kappa shape index (κ1) is 14.2. The number of hydrogen-bond donors (Lipinski definition) is 1. The van der Waals surface area contributed by atoms with Gasteiger partial charge in [0.05, 0.1) is 5.69 Å². The first-order valence-corrected chi connectivity index (χ1v) is 7.28. The van der Waals surface area contributed by atoms with E-state index in [1.807, 2.05) is 13.0 Å². The molecule has 2 rings (SSSR count). The van der Waals surface area contributed by atoms with Gasteiger partial charge in [0.1, 0.15) is 10.8 Å². The summed E-state index contributed by atoms with van der Waals surface area (Å²) in [5.74, 6) is 0.302. The molecule has 0 radical (unpaired) electrons. The van der Waals surface area contributed by atoms with Crippen LogP contribution in [0.3, 0.4) is 0 Å². The van der Waals surface area contributed by atoms with E-state index in [-0.39, 0.29) is 5.82 Å². The number of nitrogens with two attached hydrogens (primary N) is 1. The molecular weight excluding hydrogens is 259 g/mol. The lowest BCUT2D eigenvalue weighted by molar-refractivity contribution is 0.627. The summed E-state index contributed by atoms with van der Waals surface area (Å²) in [7, 11) is 0. The number of thiazole rings is 1. The second kappa shape index (κ2) is 5.80. The quantitative estimate of drug-likeness (QED) is 0.920. The average molecular weight is 278 g/mol. The SMILES string of the molecule is Cc1ccc(-c2nc(CC(C)C)c(CN)s2)c(F)c1. The highest BCUT2D eigenvalue weighted by atomic mass is 32.1. The molecule has 0 bridgehead atoms. The Labute approximate surface area is 117 Å². The number of rotatable bonds is 4. The molecular formula is C15H19FN2S. The normalized spacial score (nSPS) is 11.3. The third kappa shape index (κ3) is 3.19. The first-order chi connectivity index (χ1) is 9.01. The zero-order valence-electron chi connectivity index (χ0n) is 11.5. The summed E-state index contributed by atoms with van der Waals surface area (Å²) in [6.07, 6.45) is 0.885. The van der Waals surface area contributed by atoms with E-state index in [4.69, 9.17) is 5.73 Å². The molecule has 1 aromatic heterocycles. The van der Waals surface area contributed by atoms with E-state index < -0.39 is 0 Å². The van der Waals surface area contributed by atoms with E-state index in [1.54, 1.807) is 12.1 Å². The molecule has 1 aromatic carbocycles. The molecule has 0 saturated carbocycles. The summed E-state index contributed by atoms with van der Waals surface area (Å²) in [6.45, 7) is 6.63.